The van der Waals surface area contributed by atoms with E-state index in [4.69, 9.17) is 10.5 Å². The van der Waals surface area contributed by atoms with Gasteiger partial charge in [-0.15, -0.1) is 0 Å². The van der Waals surface area contributed by atoms with Crippen molar-refractivity contribution < 1.29 is 4.74 Å². The van der Waals surface area contributed by atoms with Crippen LogP contribution in [0.1, 0.15) is 20.3 Å². The third kappa shape index (κ3) is 3.75. The lowest BCUT2D eigenvalue weighted by Crippen LogP contribution is -2.41. The average Bonchev–Trinajstić information content (AvgIpc) is 2.17. The van der Waals surface area contributed by atoms with Crippen LogP contribution in [0.3, 0.4) is 0 Å². The van der Waals surface area contributed by atoms with E-state index in [1.807, 2.05) is 13.8 Å². The van der Waals surface area contributed by atoms with Gasteiger partial charge in [-0.2, -0.15) is 0 Å². The van der Waals surface area contributed by atoms with E-state index in [-0.39, 0.29) is 5.54 Å². The van der Waals surface area contributed by atoms with Crippen molar-refractivity contribution in [1.29, 1.82) is 0 Å². The Hall–Kier alpha value is -0.430. The fourth-order valence-corrected chi connectivity index (χ4v) is 0.985. The Balaban J connectivity index is 2.50. The second-order valence-corrected chi connectivity index (χ2v) is 4.73. The largest absolute Gasteiger partial charge is 0.462 e. The summed E-state index contributed by atoms with van der Waals surface area (Å²) in [6.07, 6.45) is 4.28. The van der Waals surface area contributed by atoms with Crippen molar-refractivity contribution in [1.82, 2.24) is 9.97 Å². The highest BCUT2D eigenvalue weighted by Crippen LogP contribution is 2.09. The monoisotopic (exact) mass is 307 g/mol. The van der Waals surface area contributed by atoms with Crippen molar-refractivity contribution in [3.63, 3.8) is 0 Å². The van der Waals surface area contributed by atoms with Crippen LogP contribution in [0.25, 0.3) is 0 Å². The molecule has 2 N–H and O–H groups in total. The highest BCUT2D eigenvalue weighted by atomic mass is 127. The molecule has 0 amide bonds. The summed E-state index contributed by atoms with van der Waals surface area (Å²) in [6.45, 7) is 4.40. The molecule has 0 aliphatic carbocycles. The predicted octanol–water partition coefficient (Wildman–Crippen LogP) is 1.59. The third-order valence-corrected chi connectivity index (χ3v) is 2.49. The van der Waals surface area contributed by atoms with Crippen LogP contribution in [0, 0.1) is 3.57 Å². The molecule has 0 fully saturated rings. The first-order chi connectivity index (χ1) is 6.53. The second kappa shape index (κ2) is 4.88. The zero-order chi connectivity index (χ0) is 10.6. The molecular weight excluding hydrogens is 293 g/mol. The molecule has 0 aromatic carbocycles. The number of aromatic nitrogens is 2. The van der Waals surface area contributed by atoms with Crippen molar-refractivity contribution in [3.05, 3.63) is 16.0 Å². The summed E-state index contributed by atoms with van der Waals surface area (Å²) in [7, 11) is 0. The fourth-order valence-electron chi connectivity index (χ4n) is 0.706. The Morgan fingerprint density at radius 3 is 2.57 bits per heavy atom. The van der Waals surface area contributed by atoms with Crippen molar-refractivity contribution in [3.8, 4) is 6.01 Å². The first kappa shape index (κ1) is 11.6. The standard InChI is InChI=1S/C9H14IN3O/c1-3-9(2,11)6-14-8-12-4-7(10)5-13-8/h4-5H,3,6,11H2,1-2H3. The summed E-state index contributed by atoms with van der Waals surface area (Å²) in [5.41, 5.74) is 5.60. The maximum Gasteiger partial charge on any atom is 0.316 e. The SMILES string of the molecule is CCC(C)(N)COc1ncc(I)cn1. The van der Waals surface area contributed by atoms with Crippen LogP contribution in [0.5, 0.6) is 6.01 Å². The van der Waals surface area contributed by atoms with Crippen LogP contribution in [0.15, 0.2) is 12.4 Å². The molecule has 1 heterocycles. The number of rotatable bonds is 4. The summed E-state index contributed by atoms with van der Waals surface area (Å²) < 4.78 is 6.35. The van der Waals surface area contributed by atoms with Crippen molar-refractivity contribution >= 4 is 22.6 Å². The Morgan fingerprint density at radius 1 is 1.50 bits per heavy atom. The smallest absolute Gasteiger partial charge is 0.316 e. The maximum absolute atomic E-state index is 5.91. The average molecular weight is 307 g/mol. The molecule has 0 aliphatic heterocycles. The summed E-state index contributed by atoms with van der Waals surface area (Å²) in [4.78, 5) is 8.04. The highest BCUT2D eigenvalue weighted by Gasteiger charge is 2.16. The van der Waals surface area contributed by atoms with E-state index in [2.05, 4.69) is 32.6 Å². The third-order valence-electron chi connectivity index (χ3n) is 1.94. The van der Waals surface area contributed by atoms with E-state index in [9.17, 15) is 0 Å². The number of nitrogens with two attached hydrogens (primary N) is 1. The first-order valence-electron chi connectivity index (χ1n) is 4.43. The number of hydrogen-bond acceptors (Lipinski definition) is 4. The number of hydrogen-bond donors (Lipinski definition) is 1. The van der Waals surface area contributed by atoms with E-state index in [0.717, 1.165) is 9.99 Å². The molecule has 1 aromatic heterocycles. The van der Waals surface area contributed by atoms with E-state index in [1.165, 1.54) is 0 Å². The zero-order valence-electron chi connectivity index (χ0n) is 8.33. The van der Waals surface area contributed by atoms with Gasteiger partial charge in [0.05, 0.1) is 0 Å². The molecule has 0 radical (unpaired) electrons. The first-order valence-corrected chi connectivity index (χ1v) is 5.50. The quantitative estimate of drug-likeness (QED) is 0.858. The van der Waals surface area contributed by atoms with Crippen LogP contribution in [0.2, 0.25) is 0 Å². The molecule has 0 spiro atoms. The minimum Gasteiger partial charge on any atom is -0.462 e. The normalized spacial score (nSPS) is 14.9. The zero-order valence-corrected chi connectivity index (χ0v) is 10.5. The van der Waals surface area contributed by atoms with E-state index in [1.54, 1.807) is 12.4 Å². The molecule has 1 aromatic rings. The molecular formula is C9H14IN3O. The van der Waals surface area contributed by atoms with Crippen molar-refractivity contribution in [2.45, 2.75) is 25.8 Å². The van der Waals surface area contributed by atoms with E-state index >= 15 is 0 Å². The van der Waals surface area contributed by atoms with Crippen LogP contribution in [-0.2, 0) is 0 Å². The lowest BCUT2D eigenvalue weighted by atomic mass is 10.0. The van der Waals surface area contributed by atoms with Gasteiger partial charge in [-0.1, -0.05) is 6.92 Å². The minimum absolute atomic E-state index is 0.313. The fraction of sp³-hybridized carbons (Fsp3) is 0.556. The summed E-state index contributed by atoms with van der Waals surface area (Å²) in [5.74, 6) is 0. The Bertz CT molecular complexity index is 287. The number of ether oxygens (including phenoxy) is 1. The Labute approximate surface area is 97.4 Å². The van der Waals surface area contributed by atoms with Crippen molar-refractivity contribution in [2.24, 2.45) is 5.73 Å². The molecule has 0 saturated heterocycles. The van der Waals surface area contributed by atoms with Gasteiger partial charge in [0.15, 0.2) is 0 Å². The Kier molecular flexibility index (Phi) is 4.06. The molecule has 14 heavy (non-hydrogen) atoms. The topological polar surface area (TPSA) is 61.0 Å². The van der Waals surface area contributed by atoms with Gasteiger partial charge in [0.25, 0.3) is 0 Å². The summed E-state index contributed by atoms with van der Waals surface area (Å²) in [5, 5.41) is 0. The van der Waals surface area contributed by atoms with E-state index in [0.29, 0.717) is 12.6 Å². The van der Waals surface area contributed by atoms with Gasteiger partial charge in [0.1, 0.15) is 6.61 Å². The summed E-state index contributed by atoms with van der Waals surface area (Å²) >= 11 is 2.14. The molecule has 1 unspecified atom stereocenters. The van der Waals surface area contributed by atoms with Gasteiger partial charge in [-0.3, -0.25) is 0 Å². The number of halogens is 1. The van der Waals surface area contributed by atoms with Gasteiger partial charge in [0, 0.05) is 21.5 Å². The molecule has 1 atom stereocenters. The van der Waals surface area contributed by atoms with Crippen LogP contribution >= 0.6 is 22.6 Å². The van der Waals surface area contributed by atoms with Gasteiger partial charge in [-0.25, -0.2) is 9.97 Å². The summed E-state index contributed by atoms with van der Waals surface area (Å²) in [6, 6.07) is 0.385. The molecule has 78 valence electrons. The molecule has 5 heteroatoms. The molecule has 0 saturated carbocycles. The van der Waals surface area contributed by atoms with Crippen LogP contribution < -0.4 is 10.5 Å². The second-order valence-electron chi connectivity index (χ2n) is 3.48. The minimum atomic E-state index is -0.313. The van der Waals surface area contributed by atoms with Gasteiger partial charge in [0.2, 0.25) is 0 Å². The van der Waals surface area contributed by atoms with Gasteiger partial charge in [-0.05, 0) is 35.9 Å². The van der Waals surface area contributed by atoms with Crippen molar-refractivity contribution in [2.75, 3.05) is 6.61 Å². The lowest BCUT2D eigenvalue weighted by molar-refractivity contribution is 0.210. The molecule has 4 nitrogen and oxygen atoms in total. The maximum atomic E-state index is 5.91. The Morgan fingerprint density at radius 2 is 2.07 bits per heavy atom. The van der Waals surface area contributed by atoms with Crippen LogP contribution in [-0.4, -0.2) is 22.1 Å². The van der Waals surface area contributed by atoms with Gasteiger partial charge < -0.3 is 10.5 Å². The van der Waals surface area contributed by atoms with Crippen LogP contribution in [0.4, 0.5) is 0 Å². The lowest BCUT2D eigenvalue weighted by Gasteiger charge is -2.21. The van der Waals surface area contributed by atoms with E-state index < -0.39 is 0 Å². The molecule has 0 bridgehead atoms. The van der Waals surface area contributed by atoms with Gasteiger partial charge >= 0.3 is 6.01 Å². The predicted molar refractivity (Wildman–Crippen MR) is 63.1 cm³/mol. The molecule has 0 aliphatic rings. The molecule has 1 rings (SSSR count). The highest BCUT2D eigenvalue weighted by molar-refractivity contribution is 14.1. The number of nitrogens with zero attached hydrogens (tertiary/aromatic N) is 2.